The summed E-state index contributed by atoms with van der Waals surface area (Å²) in [4.78, 5) is 0. The van der Waals surface area contributed by atoms with Gasteiger partial charge in [-0.1, -0.05) is 51.2 Å². The standard InChI is InChI=1S/C11H14I2O2/c1-14-2-3-15-11-5-9(7-12)4-10(6-11)8-13/h4-6H,2-3,7-8H2,1H3. The van der Waals surface area contributed by atoms with Crippen LogP contribution in [-0.2, 0) is 13.6 Å². The van der Waals surface area contributed by atoms with Gasteiger partial charge in [0.05, 0.1) is 6.61 Å². The molecule has 1 aromatic carbocycles. The van der Waals surface area contributed by atoms with Crippen molar-refractivity contribution in [1.29, 1.82) is 0 Å². The Hall–Kier alpha value is 0.440. The average Bonchev–Trinajstić information content (AvgIpc) is 2.29. The molecule has 2 nitrogen and oxygen atoms in total. The fourth-order valence-corrected chi connectivity index (χ4v) is 2.09. The highest BCUT2D eigenvalue weighted by molar-refractivity contribution is 14.1. The summed E-state index contributed by atoms with van der Waals surface area (Å²) in [6.45, 7) is 1.25. The lowest BCUT2D eigenvalue weighted by molar-refractivity contribution is 0.146. The normalized spacial score (nSPS) is 10.3. The number of benzene rings is 1. The highest BCUT2D eigenvalue weighted by atomic mass is 127. The molecule has 0 aliphatic rings. The second-order valence-electron chi connectivity index (χ2n) is 3.09. The highest BCUT2D eigenvalue weighted by Gasteiger charge is 2.00. The van der Waals surface area contributed by atoms with Crippen LogP contribution in [0.1, 0.15) is 11.1 Å². The van der Waals surface area contributed by atoms with Crippen molar-refractivity contribution in [2.75, 3.05) is 20.3 Å². The van der Waals surface area contributed by atoms with Crippen LogP contribution in [0.3, 0.4) is 0 Å². The minimum absolute atomic E-state index is 0.613. The summed E-state index contributed by atoms with van der Waals surface area (Å²) < 4.78 is 12.6. The zero-order valence-corrected chi connectivity index (χ0v) is 12.9. The first-order valence-electron chi connectivity index (χ1n) is 4.66. The van der Waals surface area contributed by atoms with E-state index in [1.54, 1.807) is 7.11 Å². The largest absolute Gasteiger partial charge is 0.491 e. The van der Waals surface area contributed by atoms with Gasteiger partial charge in [-0.2, -0.15) is 0 Å². The van der Waals surface area contributed by atoms with Crippen molar-refractivity contribution in [2.24, 2.45) is 0 Å². The van der Waals surface area contributed by atoms with Gasteiger partial charge < -0.3 is 9.47 Å². The molecular weight excluding hydrogens is 418 g/mol. The molecule has 84 valence electrons. The van der Waals surface area contributed by atoms with Gasteiger partial charge >= 0.3 is 0 Å². The Labute approximate surface area is 118 Å². The Morgan fingerprint density at radius 2 is 1.60 bits per heavy atom. The molecule has 0 aliphatic heterocycles. The number of halogens is 2. The monoisotopic (exact) mass is 432 g/mol. The van der Waals surface area contributed by atoms with Gasteiger partial charge in [0.2, 0.25) is 0 Å². The Morgan fingerprint density at radius 3 is 2.07 bits per heavy atom. The molecule has 0 atom stereocenters. The summed E-state index contributed by atoms with van der Waals surface area (Å²) in [5.74, 6) is 0.952. The molecule has 0 amide bonds. The van der Waals surface area contributed by atoms with Gasteiger partial charge in [-0.05, 0) is 23.3 Å². The Morgan fingerprint density at radius 1 is 1.00 bits per heavy atom. The van der Waals surface area contributed by atoms with E-state index in [2.05, 4.69) is 63.4 Å². The van der Waals surface area contributed by atoms with Crippen molar-refractivity contribution in [1.82, 2.24) is 0 Å². The molecule has 0 saturated heterocycles. The molecule has 1 aromatic rings. The quantitative estimate of drug-likeness (QED) is 0.389. The molecule has 0 aliphatic carbocycles. The van der Waals surface area contributed by atoms with Crippen molar-refractivity contribution in [2.45, 2.75) is 8.86 Å². The molecule has 0 heterocycles. The van der Waals surface area contributed by atoms with Crippen molar-refractivity contribution in [3.63, 3.8) is 0 Å². The molecule has 0 fully saturated rings. The molecule has 1 rings (SSSR count). The molecule has 0 bridgehead atoms. The second-order valence-corrected chi connectivity index (χ2v) is 4.62. The van der Waals surface area contributed by atoms with E-state index >= 15 is 0 Å². The molecule has 0 unspecified atom stereocenters. The topological polar surface area (TPSA) is 18.5 Å². The van der Waals surface area contributed by atoms with Crippen molar-refractivity contribution in [3.05, 3.63) is 29.3 Å². The maximum absolute atomic E-state index is 5.60. The molecule has 4 heteroatoms. The van der Waals surface area contributed by atoms with Crippen LogP contribution in [0.2, 0.25) is 0 Å². The van der Waals surface area contributed by atoms with Crippen LogP contribution in [0, 0.1) is 0 Å². The fraction of sp³-hybridized carbons (Fsp3) is 0.455. The van der Waals surface area contributed by atoms with E-state index in [1.807, 2.05) is 0 Å². The SMILES string of the molecule is COCCOc1cc(CI)cc(CI)c1. The van der Waals surface area contributed by atoms with Gasteiger partial charge in [-0.3, -0.25) is 0 Å². The van der Waals surface area contributed by atoms with Crippen LogP contribution in [0.5, 0.6) is 5.75 Å². The number of hydrogen-bond donors (Lipinski definition) is 0. The lowest BCUT2D eigenvalue weighted by atomic mass is 10.1. The van der Waals surface area contributed by atoms with E-state index in [0.717, 1.165) is 14.6 Å². The van der Waals surface area contributed by atoms with Crippen LogP contribution in [0.25, 0.3) is 0 Å². The molecule has 0 spiro atoms. The highest BCUT2D eigenvalue weighted by Crippen LogP contribution is 2.21. The van der Waals surface area contributed by atoms with Crippen molar-refractivity contribution in [3.8, 4) is 5.75 Å². The van der Waals surface area contributed by atoms with E-state index < -0.39 is 0 Å². The minimum Gasteiger partial charge on any atom is -0.491 e. The molecular formula is C11H14I2O2. The Bertz CT molecular complexity index is 280. The summed E-state index contributed by atoms with van der Waals surface area (Å²) in [6.07, 6.45) is 0. The Kier molecular flexibility index (Phi) is 6.91. The minimum atomic E-state index is 0.613. The van der Waals surface area contributed by atoms with E-state index in [0.29, 0.717) is 13.2 Å². The first-order valence-corrected chi connectivity index (χ1v) is 7.71. The lowest BCUT2D eigenvalue weighted by Crippen LogP contribution is -2.04. The van der Waals surface area contributed by atoms with Crippen LogP contribution in [-0.4, -0.2) is 20.3 Å². The molecule has 0 radical (unpaired) electrons. The summed E-state index contributed by atoms with van der Waals surface area (Å²) in [5.41, 5.74) is 2.63. The number of methoxy groups -OCH3 is 1. The lowest BCUT2D eigenvalue weighted by Gasteiger charge is -2.08. The number of ether oxygens (including phenoxy) is 2. The first-order chi connectivity index (χ1) is 7.30. The van der Waals surface area contributed by atoms with Crippen LogP contribution >= 0.6 is 45.2 Å². The van der Waals surface area contributed by atoms with E-state index in [9.17, 15) is 0 Å². The van der Waals surface area contributed by atoms with Crippen molar-refractivity contribution < 1.29 is 9.47 Å². The van der Waals surface area contributed by atoms with Gasteiger partial charge in [-0.15, -0.1) is 0 Å². The smallest absolute Gasteiger partial charge is 0.120 e. The Balaban J connectivity index is 2.68. The molecule has 0 aromatic heterocycles. The van der Waals surface area contributed by atoms with Gasteiger partial charge in [0.15, 0.2) is 0 Å². The first kappa shape index (κ1) is 13.5. The average molecular weight is 432 g/mol. The number of rotatable bonds is 6. The van der Waals surface area contributed by atoms with Crippen molar-refractivity contribution >= 4 is 45.2 Å². The van der Waals surface area contributed by atoms with Gasteiger partial charge in [-0.25, -0.2) is 0 Å². The van der Waals surface area contributed by atoms with E-state index in [1.165, 1.54) is 11.1 Å². The van der Waals surface area contributed by atoms with Gasteiger partial charge in [0.1, 0.15) is 12.4 Å². The zero-order chi connectivity index (χ0) is 11.1. The molecule has 0 saturated carbocycles. The molecule has 0 N–H and O–H groups in total. The van der Waals surface area contributed by atoms with Gasteiger partial charge in [0.25, 0.3) is 0 Å². The summed E-state index contributed by atoms with van der Waals surface area (Å²) in [7, 11) is 1.68. The third-order valence-corrected chi connectivity index (χ3v) is 3.65. The van der Waals surface area contributed by atoms with Gasteiger partial charge in [0, 0.05) is 16.0 Å². The van der Waals surface area contributed by atoms with Crippen LogP contribution in [0.15, 0.2) is 18.2 Å². The zero-order valence-electron chi connectivity index (χ0n) is 8.63. The maximum Gasteiger partial charge on any atom is 0.120 e. The third kappa shape index (κ3) is 4.86. The third-order valence-electron chi connectivity index (χ3n) is 1.89. The van der Waals surface area contributed by atoms with E-state index in [4.69, 9.17) is 9.47 Å². The van der Waals surface area contributed by atoms with E-state index in [-0.39, 0.29) is 0 Å². The number of alkyl halides is 2. The predicted octanol–water partition coefficient (Wildman–Crippen LogP) is 3.58. The van der Waals surface area contributed by atoms with Crippen LogP contribution in [0.4, 0.5) is 0 Å². The van der Waals surface area contributed by atoms with Crippen LogP contribution < -0.4 is 4.74 Å². The predicted molar refractivity (Wildman–Crippen MR) is 79.3 cm³/mol. The number of hydrogen-bond acceptors (Lipinski definition) is 2. The maximum atomic E-state index is 5.60. The fourth-order valence-electron chi connectivity index (χ4n) is 1.21. The summed E-state index contributed by atoms with van der Waals surface area (Å²) in [5, 5.41) is 0. The molecule has 15 heavy (non-hydrogen) atoms. The summed E-state index contributed by atoms with van der Waals surface area (Å²) in [6, 6.07) is 6.41. The summed E-state index contributed by atoms with van der Waals surface area (Å²) >= 11 is 4.73. The second kappa shape index (κ2) is 7.67.